The van der Waals surface area contributed by atoms with Crippen LogP contribution in [0.4, 0.5) is 20.2 Å². The lowest BCUT2D eigenvalue weighted by molar-refractivity contribution is -0.113. The number of aliphatic imine (C=N–C) groups is 1. The third-order valence-electron chi connectivity index (χ3n) is 4.25. The van der Waals surface area contributed by atoms with E-state index in [0.717, 1.165) is 17.7 Å². The van der Waals surface area contributed by atoms with Crippen molar-refractivity contribution in [3.8, 4) is 5.75 Å². The number of amidine groups is 1. The van der Waals surface area contributed by atoms with Crippen LogP contribution in [0, 0.1) is 0 Å². The summed E-state index contributed by atoms with van der Waals surface area (Å²) in [5.41, 5.74) is 2.17. The molecular formula is C19H16F2N4O2S. The molecule has 2 heterocycles. The standard InChI is InChI=1S/C19H16F2N4O2S/c20-18(21)27-16-8-4-3-7-14(16)23-17(26)11-28-19-24-13-6-2-1-5-12(13)15-9-10-22-25(15)19/h1-8,10,15,18H,9,11H2,(H,23,26). The number of hydrogen-bond acceptors (Lipinski definition) is 6. The molecule has 9 heteroatoms. The third kappa shape index (κ3) is 3.84. The van der Waals surface area contributed by atoms with Gasteiger partial charge in [0.2, 0.25) is 5.91 Å². The average molecular weight is 402 g/mol. The number of alkyl halides is 2. The summed E-state index contributed by atoms with van der Waals surface area (Å²) >= 11 is 1.25. The molecule has 0 spiro atoms. The molecule has 6 nitrogen and oxygen atoms in total. The van der Waals surface area contributed by atoms with Crippen LogP contribution in [0.25, 0.3) is 0 Å². The van der Waals surface area contributed by atoms with Crippen molar-refractivity contribution in [1.82, 2.24) is 5.01 Å². The fourth-order valence-electron chi connectivity index (χ4n) is 3.07. The number of para-hydroxylation sites is 3. The largest absolute Gasteiger partial charge is 0.433 e. The number of amides is 1. The van der Waals surface area contributed by atoms with Gasteiger partial charge in [-0.05, 0) is 18.2 Å². The van der Waals surface area contributed by atoms with E-state index in [4.69, 9.17) is 0 Å². The van der Waals surface area contributed by atoms with Crippen LogP contribution in [0.15, 0.2) is 58.6 Å². The van der Waals surface area contributed by atoms with Crippen LogP contribution < -0.4 is 10.1 Å². The SMILES string of the molecule is O=C(CSC1=Nc2ccccc2C2CC=NN12)Nc1ccccc1OC(F)F. The van der Waals surface area contributed by atoms with Gasteiger partial charge in [-0.2, -0.15) is 13.9 Å². The number of halogens is 2. The van der Waals surface area contributed by atoms with E-state index < -0.39 is 6.61 Å². The van der Waals surface area contributed by atoms with Crippen molar-refractivity contribution >= 4 is 40.4 Å². The van der Waals surface area contributed by atoms with E-state index in [-0.39, 0.29) is 29.1 Å². The quantitative estimate of drug-likeness (QED) is 0.805. The number of nitrogens with one attached hydrogen (secondary N) is 1. The second-order valence-corrected chi connectivity index (χ2v) is 7.00. The molecule has 144 valence electrons. The zero-order chi connectivity index (χ0) is 19.5. The topological polar surface area (TPSA) is 66.3 Å². The number of nitrogens with zero attached hydrogens (tertiary/aromatic N) is 3. The monoisotopic (exact) mass is 402 g/mol. The lowest BCUT2D eigenvalue weighted by Gasteiger charge is -2.29. The number of benzene rings is 2. The Morgan fingerprint density at radius 1 is 1.25 bits per heavy atom. The predicted molar refractivity (Wildman–Crippen MR) is 105 cm³/mol. The Balaban J connectivity index is 1.44. The summed E-state index contributed by atoms with van der Waals surface area (Å²) in [6.07, 6.45) is 2.61. The number of rotatable bonds is 5. The van der Waals surface area contributed by atoms with E-state index in [1.54, 1.807) is 12.1 Å². The number of hydrogen-bond donors (Lipinski definition) is 1. The Morgan fingerprint density at radius 3 is 2.89 bits per heavy atom. The molecule has 1 amide bonds. The van der Waals surface area contributed by atoms with Gasteiger partial charge in [-0.3, -0.25) is 4.79 Å². The van der Waals surface area contributed by atoms with Crippen LogP contribution in [0.1, 0.15) is 18.0 Å². The van der Waals surface area contributed by atoms with E-state index in [1.165, 1.54) is 23.9 Å². The van der Waals surface area contributed by atoms with Crippen LogP contribution in [0.5, 0.6) is 5.75 Å². The van der Waals surface area contributed by atoms with Crippen molar-refractivity contribution in [2.75, 3.05) is 11.1 Å². The molecule has 28 heavy (non-hydrogen) atoms. The van der Waals surface area contributed by atoms with Crippen molar-refractivity contribution in [3.05, 3.63) is 54.1 Å². The lowest BCUT2D eigenvalue weighted by atomic mass is 10.0. The van der Waals surface area contributed by atoms with Crippen LogP contribution in [-0.2, 0) is 4.79 Å². The summed E-state index contributed by atoms with van der Waals surface area (Å²) < 4.78 is 29.4. The smallest absolute Gasteiger partial charge is 0.387 e. The number of thioether (sulfide) groups is 1. The number of fused-ring (bicyclic) bond motifs is 3. The first-order valence-corrected chi connectivity index (χ1v) is 9.56. The summed E-state index contributed by atoms with van der Waals surface area (Å²) in [5, 5.41) is 9.42. The zero-order valence-electron chi connectivity index (χ0n) is 14.6. The minimum atomic E-state index is -2.96. The van der Waals surface area contributed by atoms with Gasteiger partial charge in [-0.1, -0.05) is 42.1 Å². The number of hydrazone groups is 1. The van der Waals surface area contributed by atoms with Crippen LogP contribution >= 0.6 is 11.8 Å². The highest BCUT2D eigenvalue weighted by atomic mass is 32.2. The minimum absolute atomic E-state index is 0.0583. The van der Waals surface area contributed by atoms with Crippen molar-refractivity contribution in [2.45, 2.75) is 19.1 Å². The van der Waals surface area contributed by atoms with Gasteiger partial charge in [0.15, 0.2) is 5.17 Å². The summed E-state index contributed by atoms with van der Waals surface area (Å²) in [7, 11) is 0. The Bertz CT molecular complexity index is 951. The van der Waals surface area contributed by atoms with Crippen LogP contribution in [0.2, 0.25) is 0 Å². The molecule has 0 saturated carbocycles. The highest BCUT2D eigenvalue weighted by Crippen LogP contribution is 2.40. The van der Waals surface area contributed by atoms with E-state index >= 15 is 0 Å². The molecule has 0 aliphatic carbocycles. The second kappa shape index (κ2) is 7.97. The van der Waals surface area contributed by atoms with Gasteiger partial charge >= 0.3 is 6.61 Å². The molecule has 1 atom stereocenters. The molecule has 2 aliphatic heterocycles. The molecule has 0 fully saturated rings. The van der Waals surface area contributed by atoms with Gasteiger partial charge in [0.05, 0.1) is 23.2 Å². The van der Waals surface area contributed by atoms with Gasteiger partial charge in [0.1, 0.15) is 5.75 Å². The van der Waals surface area contributed by atoms with Crippen LogP contribution in [0.3, 0.4) is 0 Å². The lowest BCUT2D eigenvalue weighted by Crippen LogP contribution is -2.29. The van der Waals surface area contributed by atoms with E-state index in [1.807, 2.05) is 35.5 Å². The Kier molecular flexibility index (Phi) is 5.25. The van der Waals surface area contributed by atoms with E-state index in [2.05, 4.69) is 20.1 Å². The van der Waals surface area contributed by atoms with E-state index in [9.17, 15) is 13.6 Å². The van der Waals surface area contributed by atoms with Crippen molar-refractivity contribution < 1.29 is 18.3 Å². The van der Waals surface area contributed by atoms with Crippen molar-refractivity contribution in [3.63, 3.8) is 0 Å². The summed E-state index contributed by atoms with van der Waals surface area (Å²) in [4.78, 5) is 17.0. The zero-order valence-corrected chi connectivity index (χ0v) is 15.4. The summed E-state index contributed by atoms with van der Waals surface area (Å²) in [6.45, 7) is -2.96. The number of carbonyl (C=O) groups excluding carboxylic acids is 1. The predicted octanol–water partition coefficient (Wildman–Crippen LogP) is 4.39. The van der Waals surface area contributed by atoms with Gasteiger partial charge in [0, 0.05) is 18.2 Å². The Hall–Kier alpha value is -2.94. The van der Waals surface area contributed by atoms with Crippen LogP contribution in [-0.4, -0.2) is 34.7 Å². The molecule has 4 rings (SSSR count). The van der Waals surface area contributed by atoms with E-state index in [0.29, 0.717) is 5.17 Å². The minimum Gasteiger partial charge on any atom is -0.433 e. The Morgan fingerprint density at radius 2 is 2.04 bits per heavy atom. The van der Waals surface area contributed by atoms with Gasteiger partial charge in [0.25, 0.3) is 0 Å². The first-order valence-electron chi connectivity index (χ1n) is 8.57. The average Bonchev–Trinajstić information content (AvgIpc) is 3.18. The maximum atomic E-state index is 12.5. The molecule has 2 aromatic rings. The Labute approximate surface area is 164 Å². The highest BCUT2D eigenvalue weighted by molar-refractivity contribution is 8.14. The van der Waals surface area contributed by atoms with Crippen molar-refractivity contribution in [2.24, 2.45) is 10.1 Å². The third-order valence-corrected chi connectivity index (χ3v) is 5.19. The molecule has 0 aromatic heterocycles. The first-order chi connectivity index (χ1) is 13.6. The summed E-state index contributed by atoms with van der Waals surface area (Å²) in [5.74, 6) is -0.372. The van der Waals surface area contributed by atoms with Gasteiger partial charge in [-0.15, -0.1) is 0 Å². The summed E-state index contributed by atoms with van der Waals surface area (Å²) in [6, 6.07) is 14.0. The number of ether oxygens (including phenoxy) is 1. The molecule has 0 saturated heterocycles. The second-order valence-electron chi connectivity index (χ2n) is 6.06. The highest BCUT2D eigenvalue weighted by Gasteiger charge is 2.32. The molecule has 0 bridgehead atoms. The van der Waals surface area contributed by atoms with Crippen molar-refractivity contribution in [1.29, 1.82) is 0 Å². The molecule has 2 aromatic carbocycles. The first kappa shape index (κ1) is 18.4. The molecule has 2 aliphatic rings. The van der Waals surface area contributed by atoms with Gasteiger partial charge in [-0.25, -0.2) is 10.0 Å². The molecule has 0 radical (unpaired) electrons. The number of carbonyl (C=O) groups is 1. The normalized spacial score (nSPS) is 17.2. The molecule has 1 unspecified atom stereocenters. The van der Waals surface area contributed by atoms with Gasteiger partial charge < -0.3 is 10.1 Å². The molecular weight excluding hydrogens is 386 g/mol. The fraction of sp³-hybridized carbons (Fsp3) is 0.211. The number of anilines is 1. The fourth-order valence-corrected chi connectivity index (χ4v) is 3.87. The maximum absolute atomic E-state index is 12.5. The maximum Gasteiger partial charge on any atom is 0.387 e. The molecule has 1 N–H and O–H groups in total.